The number of nitrogens with one attached hydrogen (secondary N) is 1. The van der Waals surface area contributed by atoms with Crippen LogP contribution >= 0.6 is 0 Å². The van der Waals surface area contributed by atoms with Gasteiger partial charge in [-0.1, -0.05) is 18.2 Å². The molecule has 1 aliphatic heterocycles. The third-order valence-electron chi connectivity index (χ3n) is 5.12. The van der Waals surface area contributed by atoms with E-state index in [2.05, 4.69) is 29.3 Å². The molecule has 2 amide bonds. The number of hydrogen-bond donors (Lipinski definition) is 1. The Morgan fingerprint density at radius 1 is 1.35 bits per heavy atom. The Balaban J connectivity index is 1.85. The average Bonchev–Trinajstić information content (AvgIpc) is 2.65. The molecule has 0 saturated carbocycles. The van der Waals surface area contributed by atoms with Gasteiger partial charge in [0, 0.05) is 51.4 Å². The Labute approximate surface area is 156 Å². The van der Waals surface area contributed by atoms with E-state index in [9.17, 15) is 9.59 Å². The fourth-order valence-electron chi connectivity index (χ4n) is 3.53. The fourth-order valence-corrected chi connectivity index (χ4v) is 3.53. The highest BCUT2D eigenvalue weighted by molar-refractivity contribution is 5.84. The van der Waals surface area contributed by atoms with Gasteiger partial charge in [-0.15, -0.1) is 0 Å². The molecule has 1 saturated heterocycles. The molecule has 26 heavy (non-hydrogen) atoms. The number of para-hydroxylation sites is 1. The van der Waals surface area contributed by atoms with E-state index in [1.54, 1.807) is 12.0 Å². The van der Waals surface area contributed by atoms with Gasteiger partial charge in [0.1, 0.15) is 0 Å². The normalized spacial score (nSPS) is 20.1. The maximum atomic E-state index is 12.6. The van der Waals surface area contributed by atoms with Crippen molar-refractivity contribution in [2.24, 2.45) is 5.92 Å². The number of methoxy groups -OCH3 is 1. The lowest BCUT2D eigenvalue weighted by atomic mass is 9.89. The molecule has 1 heterocycles. The molecule has 0 spiro atoms. The summed E-state index contributed by atoms with van der Waals surface area (Å²) in [5.74, 6) is -0.00674. The average molecular weight is 361 g/mol. The van der Waals surface area contributed by atoms with Crippen LogP contribution in [0.1, 0.15) is 26.7 Å². The molecule has 1 fully saturated rings. The van der Waals surface area contributed by atoms with E-state index in [1.165, 1.54) is 0 Å². The number of amides is 2. The van der Waals surface area contributed by atoms with Crippen LogP contribution < -0.4 is 10.2 Å². The maximum Gasteiger partial charge on any atom is 0.225 e. The molecule has 1 N–H and O–H groups in total. The largest absolute Gasteiger partial charge is 0.383 e. The number of likely N-dealkylation sites (tertiary alicyclic amines) is 1. The first kappa shape index (κ1) is 20.2. The van der Waals surface area contributed by atoms with Gasteiger partial charge in [-0.2, -0.15) is 0 Å². The highest BCUT2D eigenvalue weighted by Crippen LogP contribution is 2.24. The number of nitrogens with zero attached hydrogens (tertiary/aromatic N) is 2. The van der Waals surface area contributed by atoms with Crippen LogP contribution in [-0.2, 0) is 14.3 Å². The lowest BCUT2D eigenvalue weighted by Gasteiger charge is -2.38. The molecule has 2 atom stereocenters. The Hall–Kier alpha value is -2.08. The number of carbonyl (C=O) groups excluding carboxylic acids is 2. The van der Waals surface area contributed by atoms with Gasteiger partial charge in [-0.3, -0.25) is 9.59 Å². The highest BCUT2D eigenvalue weighted by Gasteiger charge is 2.36. The standard InChI is InChI=1S/C20H31N3O3/c1-4-22(17-8-6-5-7-9-17)13-12-21-20(25)18-10-11-19(24)23(16(18)2)14-15-26-3/h5-9,16,18H,4,10-15H2,1-3H3,(H,21,25)/t16-,18-/m1/s1. The van der Waals surface area contributed by atoms with Crippen molar-refractivity contribution in [2.75, 3.05) is 44.8 Å². The summed E-state index contributed by atoms with van der Waals surface area (Å²) < 4.78 is 5.08. The monoisotopic (exact) mass is 361 g/mol. The Morgan fingerprint density at radius 2 is 2.08 bits per heavy atom. The summed E-state index contributed by atoms with van der Waals surface area (Å²) in [6, 6.07) is 10.1. The van der Waals surface area contributed by atoms with Crippen LogP contribution in [0.25, 0.3) is 0 Å². The second-order valence-corrected chi connectivity index (χ2v) is 6.67. The summed E-state index contributed by atoms with van der Waals surface area (Å²) >= 11 is 0. The van der Waals surface area contributed by atoms with E-state index in [0.29, 0.717) is 32.5 Å². The Kier molecular flexibility index (Phi) is 7.91. The topological polar surface area (TPSA) is 61.9 Å². The van der Waals surface area contributed by atoms with Crippen molar-refractivity contribution in [3.8, 4) is 0 Å². The zero-order valence-corrected chi connectivity index (χ0v) is 16.1. The number of benzene rings is 1. The number of ether oxygens (including phenoxy) is 1. The third kappa shape index (κ3) is 5.21. The van der Waals surface area contributed by atoms with E-state index in [-0.39, 0.29) is 23.8 Å². The van der Waals surface area contributed by atoms with Crippen LogP contribution in [0.15, 0.2) is 30.3 Å². The zero-order chi connectivity index (χ0) is 18.9. The van der Waals surface area contributed by atoms with E-state index in [0.717, 1.165) is 18.8 Å². The molecule has 0 bridgehead atoms. The van der Waals surface area contributed by atoms with Gasteiger partial charge in [-0.05, 0) is 32.4 Å². The van der Waals surface area contributed by atoms with Crippen molar-refractivity contribution in [1.29, 1.82) is 0 Å². The lowest BCUT2D eigenvalue weighted by Crippen LogP contribution is -2.53. The minimum Gasteiger partial charge on any atom is -0.383 e. The molecule has 2 rings (SSSR count). The highest BCUT2D eigenvalue weighted by atomic mass is 16.5. The van der Waals surface area contributed by atoms with Gasteiger partial charge < -0.3 is 19.9 Å². The van der Waals surface area contributed by atoms with Gasteiger partial charge in [0.15, 0.2) is 0 Å². The van der Waals surface area contributed by atoms with Gasteiger partial charge in [0.2, 0.25) is 11.8 Å². The van der Waals surface area contributed by atoms with Crippen LogP contribution in [0.4, 0.5) is 5.69 Å². The molecule has 1 aromatic carbocycles. The summed E-state index contributed by atoms with van der Waals surface area (Å²) in [4.78, 5) is 28.8. The number of rotatable bonds is 9. The van der Waals surface area contributed by atoms with E-state index in [1.807, 2.05) is 25.1 Å². The van der Waals surface area contributed by atoms with Crippen molar-refractivity contribution < 1.29 is 14.3 Å². The molecule has 0 aliphatic carbocycles. The van der Waals surface area contributed by atoms with Crippen LogP contribution in [0.3, 0.4) is 0 Å². The molecule has 0 unspecified atom stereocenters. The SMILES string of the molecule is CCN(CCNC(=O)[C@@H]1CCC(=O)N(CCOC)[C@@H]1C)c1ccccc1. The number of hydrogen-bond acceptors (Lipinski definition) is 4. The van der Waals surface area contributed by atoms with Crippen LogP contribution in [0, 0.1) is 5.92 Å². The zero-order valence-electron chi connectivity index (χ0n) is 16.1. The van der Waals surface area contributed by atoms with Crippen molar-refractivity contribution in [3.63, 3.8) is 0 Å². The summed E-state index contributed by atoms with van der Waals surface area (Å²) in [5, 5.41) is 3.06. The molecule has 6 heteroatoms. The van der Waals surface area contributed by atoms with Crippen molar-refractivity contribution in [3.05, 3.63) is 30.3 Å². The quantitative estimate of drug-likeness (QED) is 0.730. The predicted molar refractivity (Wildman–Crippen MR) is 103 cm³/mol. The van der Waals surface area contributed by atoms with Crippen molar-refractivity contribution in [2.45, 2.75) is 32.7 Å². The molecular weight excluding hydrogens is 330 g/mol. The fraction of sp³-hybridized carbons (Fsp3) is 0.600. The second-order valence-electron chi connectivity index (χ2n) is 6.67. The predicted octanol–water partition coefficient (Wildman–Crippen LogP) is 1.90. The van der Waals surface area contributed by atoms with Gasteiger partial charge in [-0.25, -0.2) is 0 Å². The van der Waals surface area contributed by atoms with Gasteiger partial charge in [0.25, 0.3) is 0 Å². The van der Waals surface area contributed by atoms with E-state index in [4.69, 9.17) is 4.74 Å². The minimum atomic E-state index is -0.156. The molecule has 6 nitrogen and oxygen atoms in total. The van der Waals surface area contributed by atoms with Crippen molar-refractivity contribution in [1.82, 2.24) is 10.2 Å². The summed E-state index contributed by atoms with van der Waals surface area (Å²) in [5.41, 5.74) is 1.16. The van der Waals surface area contributed by atoms with Gasteiger partial charge in [0.05, 0.1) is 12.5 Å². The Bertz CT molecular complexity index is 579. The Morgan fingerprint density at radius 3 is 2.73 bits per heavy atom. The third-order valence-corrected chi connectivity index (χ3v) is 5.12. The number of anilines is 1. The smallest absolute Gasteiger partial charge is 0.225 e. The second kappa shape index (κ2) is 10.2. The molecule has 1 aromatic rings. The summed E-state index contributed by atoms with van der Waals surface area (Å²) in [7, 11) is 1.62. The molecular formula is C20H31N3O3. The molecule has 1 aliphatic rings. The van der Waals surface area contributed by atoms with Gasteiger partial charge >= 0.3 is 0 Å². The first-order valence-corrected chi connectivity index (χ1v) is 9.44. The van der Waals surface area contributed by atoms with Crippen LogP contribution in [0.5, 0.6) is 0 Å². The molecule has 0 radical (unpaired) electrons. The summed E-state index contributed by atoms with van der Waals surface area (Å²) in [6.45, 7) is 7.34. The minimum absolute atomic E-state index is 0.0385. The van der Waals surface area contributed by atoms with Crippen LogP contribution in [-0.4, -0.2) is 62.7 Å². The van der Waals surface area contributed by atoms with E-state index >= 15 is 0 Å². The number of carbonyl (C=O) groups is 2. The first-order chi connectivity index (χ1) is 12.6. The molecule has 144 valence electrons. The van der Waals surface area contributed by atoms with E-state index < -0.39 is 0 Å². The van der Waals surface area contributed by atoms with Crippen LogP contribution in [0.2, 0.25) is 0 Å². The number of likely N-dealkylation sites (N-methyl/N-ethyl adjacent to an activating group) is 1. The lowest BCUT2D eigenvalue weighted by molar-refractivity contribution is -0.143. The molecule has 0 aromatic heterocycles. The summed E-state index contributed by atoms with van der Waals surface area (Å²) in [6.07, 6.45) is 1.04. The maximum absolute atomic E-state index is 12.6. The first-order valence-electron chi connectivity index (χ1n) is 9.44. The number of piperidine rings is 1. The van der Waals surface area contributed by atoms with Crippen molar-refractivity contribution >= 4 is 17.5 Å².